The first-order chi connectivity index (χ1) is 17.8. The molecular weight excluding hydrogens is 484 g/mol. The molecule has 38 heavy (non-hydrogen) atoms. The lowest BCUT2D eigenvalue weighted by atomic mass is 9.74. The molecule has 1 aromatic rings. The van der Waals surface area contributed by atoms with E-state index in [1.807, 2.05) is 0 Å². The largest absolute Gasteiger partial charge is 0.528 e. The monoisotopic (exact) mass is 530 g/mol. The number of nitrogens with zero attached hydrogens (tertiary/aromatic N) is 3. The van der Waals surface area contributed by atoms with E-state index >= 15 is 0 Å². The maximum absolute atomic E-state index is 12.7. The quantitative estimate of drug-likeness (QED) is 0.513. The normalized spacial score (nSPS) is 22.7. The number of benzene rings is 1. The van der Waals surface area contributed by atoms with Crippen molar-refractivity contribution in [1.82, 2.24) is 20.2 Å². The fraction of sp³-hybridized carbons (Fsp3) is 0.690. The van der Waals surface area contributed by atoms with Gasteiger partial charge >= 0.3 is 6.16 Å². The number of rotatable bonds is 8. The Bertz CT molecular complexity index is 941. The minimum atomic E-state index is -0.741. The molecule has 9 nitrogen and oxygen atoms in total. The Kier molecular flexibility index (Phi) is 10.2. The first-order valence-corrected chi connectivity index (χ1v) is 13.8. The predicted molar refractivity (Wildman–Crippen MR) is 146 cm³/mol. The van der Waals surface area contributed by atoms with Gasteiger partial charge in [-0.1, -0.05) is 29.8 Å². The molecule has 2 aliphatic rings. The summed E-state index contributed by atoms with van der Waals surface area (Å²) in [7, 11) is 4.31. The highest BCUT2D eigenvalue weighted by Crippen LogP contribution is 2.35. The van der Waals surface area contributed by atoms with E-state index in [0.717, 1.165) is 32.1 Å². The third kappa shape index (κ3) is 8.98. The molecule has 1 aliphatic carbocycles. The summed E-state index contributed by atoms with van der Waals surface area (Å²) in [4.78, 5) is 46.4. The molecule has 0 radical (unpaired) electrons. The average molecular weight is 531 g/mol. The van der Waals surface area contributed by atoms with Crippen molar-refractivity contribution in [3.63, 3.8) is 0 Å². The van der Waals surface area contributed by atoms with E-state index in [2.05, 4.69) is 55.5 Å². The third-order valence-electron chi connectivity index (χ3n) is 7.63. The summed E-state index contributed by atoms with van der Waals surface area (Å²) in [6.07, 6.45) is 4.54. The van der Waals surface area contributed by atoms with Crippen LogP contribution in [0.15, 0.2) is 24.3 Å². The van der Waals surface area contributed by atoms with Crippen molar-refractivity contribution >= 4 is 18.0 Å². The molecule has 1 saturated carbocycles. The molecule has 1 saturated heterocycles. The number of likely N-dealkylation sites (N-methyl/N-ethyl adjacent to an activating group) is 1. The van der Waals surface area contributed by atoms with Crippen LogP contribution in [-0.4, -0.2) is 90.3 Å². The van der Waals surface area contributed by atoms with Crippen LogP contribution in [0.25, 0.3) is 0 Å². The summed E-state index contributed by atoms with van der Waals surface area (Å²) in [5.74, 6) is -0.114. The zero-order valence-electron chi connectivity index (χ0n) is 24.0. The predicted octanol–water partition coefficient (Wildman–Crippen LogP) is 3.69. The van der Waals surface area contributed by atoms with Gasteiger partial charge in [-0.3, -0.25) is 9.59 Å². The molecule has 1 aliphatic heterocycles. The van der Waals surface area contributed by atoms with Crippen molar-refractivity contribution in [1.29, 1.82) is 0 Å². The maximum atomic E-state index is 12.7. The number of ether oxygens (including phenoxy) is 1. The Morgan fingerprint density at radius 2 is 1.61 bits per heavy atom. The van der Waals surface area contributed by atoms with Crippen molar-refractivity contribution in [2.45, 2.75) is 89.8 Å². The van der Waals surface area contributed by atoms with E-state index in [4.69, 9.17) is 9.57 Å². The van der Waals surface area contributed by atoms with Gasteiger partial charge in [-0.05, 0) is 79.5 Å². The lowest BCUT2D eigenvalue weighted by molar-refractivity contribution is -0.164. The first-order valence-electron chi connectivity index (χ1n) is 13.8. The van der Waals surface area contributed by atoms with Gasteiger partial charge in [-0.15, -0.1) is 5.06 Å². The second-order valence-electron chi connectivity index (χ2n) is 12.0. The van der Waals surface area contributed by atoms with Gasteiger partial charge in [0.05, 0.1) is 13.1 Å². The Morgan fingerprint density at radius 1 is 1.00 bits per heavy atom. The van der Waals surface area contributed by atoms with Crippen LogP contribution < -0.4 is 5.32 Å². The molecule has 2 amide bonds. The van der Waals surface area contributed by atoms with Gasteiger partial charge in [0.25, 0.3) is 0 Å². The Morgan fingerprint density at radius 3 is 2.16 bits per heavy atom. The Labute approximate surface area is 227 Å². The maximum Gasteiger partial charge on any atom is 0.528 e. The van der Waals surface area contributed by atoms with E-state index < -0.39 is 11.8 Å². The summed E-state index contributed by atoms with van der Waals surface area (Å²) in [5, 5.41) is 4.68. The van der Waals surface area contributed by atoms with Gasteiger partial charge in [-0.25, -0.2) is 4.79 Å². The van der Waals surface area contributed by atoms with Gasteiger partial charge in [0.15, 0.2) is 0 Å². The topological polar surface area (TPSA) is 91.4 Å². The first kappa shape index (κ1) is 29.9. The number of hydrogen-bond donors (Lipinski definition) is 1. The van der Waals surface area contributed by atoms with Gasteiger partial charge in [0.2, 0.25) is 11.8 Å². The van der Waals surface area contributed by atoms with Gasteiger partial charge in [0, 0.05) is 37.5 Å². The van der Waals surface area contributed by atoms with Crippen molar-refractivity contribution in [2.24, 2.45) is 0 Å². The smallest absolute Gasteiger partial charge is 0.427 e. The molecule has 212 valence electrons. The van der Waals surface area contributed by atoms with Crippen LogP contribution >= 0.6 is 0 Å². The van der Waals surface area contributed by atoms with Crippen molar-refractivity contribution in [2.75, 3.05) is 40.3 Å². The standard InChI is InChI=1S/C29H46N4O5/c1-22-7-9-23(10-8-22)21-29(31(5)6)15-13-24(14-16-29)30-25(34)11-12-26(35)32-17-19-33(20-18-32)38-27(36)37-28(2,3)4/h7-10,24H,11-21H2,1-6H3,(H,30,34). The highest BCUT2D eigenvalue weighted by molar-refractivity contribution is 5.84. The van der Waals surface area contributed by atoms with Crippen LogP contribution in [0.3, 0.4) is 0 Å². The van der Waals surface area contributed by atoms with Crippen LogP contribution in [-0.2, 0) is 25.6 Å². The number of hydrogen-bond acceptors (Lipinski definition) is 7. The molecule has 0 bridgehead atoms. The van der Waals surface area contributed by atoms with Gasteiger partial charge < -0.3 is 24.7 Å². The molecule has 1 heterocycles. The Hall–Kier alpha value is -2.65. The third-order valence-corrected chi connectivity index (χ3v) is 7.63. The van der Waals surface area contributed by atoms with Crippen LogP contribution in [0, 0.1) is 6.92 Å². The van der Waals surface area contributed by atoms with Crippen molar-refractivity contribution < 1.29 is 24.0 Å². The van der Waals surface area contributed by atoms with E-state index in [-0.39, 0.29) is 36.2 Å². The molecule has 3 rings (SSSR count). The minimum Gasteiger partial charge on any atom is -0.427 e. The van der Waals surface area contributed by atoms with Crippen LogP contribution in [0.5, 0.6) is 0 Å². The van der Waals surface area contributed by atoms with Gasteiger partial charge in [-0.2, -0.15) is 0 Å². The summed E-state index contributed by atoms with van der Waals surface area (Å²) in [5.41, 5.74) is 2.10. The summed E-state index contributed by atoms with van der Waals surface area (Å²) in [6.45, 7) is 9.15. The zero-order valence-corrected chi connectivity index (χ0v) is 24.0. The summed E-state index contributed by atoms with van der Waals surface area (Å²) >= 11 is 0. The second-order valence-corrected chi connectivity index (χ2v) is 12.0. The van der Waals surface area contributed by atoms with E-state index in [1.54, 1.807) is 25.7 Å². The van der Waals surface area contributed by atoms with E-state index in [1.165, 1.54) is 16.2 Å². The average Bonchev–Trinajstić information content (AvgIpc) is 2.84. The number of carbonyl (C=O) groups excluding carboxylic acids is 3. The number of aryl methyl sites for hydroxylation is 1. The van der Waals surface area contributed by atoms with Crippen molar-refractivity contribution in [3.05, 3.63) is 35.4 Å². The second kappa shape index (κ2) is 12.9. The van der Waals surface area contributed by atoms with E-state index in [0.29, 0.717) is 26.2 Å². The molecule has 9 heteroatoms. The van der Waals surface area contributed by atoms with Crippen LogP contribution in [0.4, 0.5) is 4.79 Å². The zero-order chi connectivity index (χ0) is 27.9. The van der Waals surface area contributed by atoms with E-state index in [9.17, 15) is 14.4 Å². The summed E-state index contributed by atoms with van der Waals surface area (Å²) < 4.78 is 5.17. The highest BCUT2D eigenvalue weighted by atomic mass is 16.8. The molecular formula is C29H46N4O5. The summed E-state index contributed by atoms with van der Waals surface area (Å²) in [6, 6.07) is 8.93. The molecule has 0 atom stereocenters. The Balaban J connectivity index is 1.37. The molecule has 1 N–H and O–H groups in total. The molecule has 2 fully saturated rings. The van der Waals surface area contributed by atoms with Crippen LogP contribution in [0.2, 0.25) is 0 Å². The highest BCUT2D eigenvalue weighted by Gasteiger charge is 2.37. The lowest BCUT2D eigenvalue weighted by Crippen LogP contribution is -2.52. The number of hydroxylamine groups is 2. The lowest BCUT2D eigenvalue weighted by Gasteiger charge is -2.45. The number of carbonyl (C=O) groups is 3. The molecule has 1 aromatic carbocycles. The fourth-order valence-corrected chi connectivity index (χ4v) is 5.25. The number of nitrogens with one attached hydrogen (secondary N) is 1. The SMILES string of the molecule is Cc1ccc(CC2(N(C)C)CCC(NC(=O)CCC(=O)N3CCN(OC(=O)OC(C)(C)C)CC3)CC2)cc1. The molecule has 0 aromatic heterocycles. The number of amides is 2. The van der Waals surface area contributed by atoms with Crippen LogP contribution in [0.1, 0.15) is 70.4 Å². The molecule has 0 unspecified atom stereocenters. The minimum absolute atomic E-state index is 0.0505. The number of piperazine rings is 1. The van der Waals surface area contributed by atoms with Crippen molar-refractivity contribution in [3.8, 4) is 0 Å². The fourth-order valence-electron chi connectivity index (χ4n) is 5.25. The molecule has 0 spiro atoms. The van der Waals surface area contributed by atoms with Gasteiger partial charge in [0.1, 0.15) is 5.60 Å².